The summed E-state index contributed by atoms with van der Waals surface area (Å²) in [5.41, 5.74) is 3.38. The summed E-state index contributed by atoms with van der Waals surface area (Å²) in [5.74, 6) is -0.341. The number of hydrogen-bond donors (Lipinski definition) is 1. The molecule has 3 aromatic carbocycles. The molecule has 0 saturated carbocycles. The number of nitrogens with one attached hydrogen (secondary N) is 1. The van der Waals surface area contributed by atoms with Crippen LogP contribution in [0.4, 0.5) is 10.1 Å². The molecule has 4 rings (SSSR count). The van der Waals surface area contributed by atoms with Gasteiger partial charge in [0.2, 0.25) is 5.91 Å². The fourth-order valence-electron chi connectivity index (χ4n) is 2.97. The van der Waals surface area contributed by atoms with Crippen molar-refractivity contribution in [1.29, 1.82) is 0 Å². The molecule has 0 fully saturated rings. The number of amides is 1. The van der Waals surface area contributed by atoms with Crippen LogP contribution < -0.4 is 5.32 Å². The van der Waals surface area contributed by atoms with Crippen LogP contribution >= 0.6 is 23.4 Å². The van der Waals surface area contributed by atoms with Gasteiger partial charge in [-0.05, 0) is 48.0 Å². The van der Waals surface area contributed by atoms with E-state index in [9.17, 15) is 9.18 Å². The first-order chi connectivity index (χ1) is 14.1. The van der Waals surface area contributed by atoms with Gasteiger partial charge in [0.15, 0.2) is 5.16 Å². The van der Waals surface area contributed by atoms with Crippen molar-refractivity contribution in [1.82, 2.24) is 9.55 Å². The van der Waals surface area contributed by atoms with Gasteiger partial charge in [-0.1, -0.05) is 53.7 Å². The average Bonchev–Trinajstić information content (AvgIpc) is 3.07. The van der Waals surface area contributed by atoms with Crippen molar-refractivity contribution in [2.24, 2.45) is 0 Å². The van der Waals surface area contributed by atoms with Gasteiger partial charge in [0.05, 0.1) is 23.3 Å². The molecular formula is C22H17ClFN3OS. The number of para-hydroxylation sites is 2. The molecule has 1 N–H and O–H groups in total. The van der Waals surface area contributed by atoms with Gasteiger partial charge in [-0.3, -0.25) is 4.79 Å². The molecule has 0 saturated heterocycles. The number of fused-ring (bicyclic) bond motifs is 1. The first kappa shape index (κ1) is 19.5. The Labute approximate surface area is 176 Å². The number of hydrogen-bond acceptors (Lipinski definition) is 3. The van der Waals surface area contributed by atoms with E-state index in [2.05, 4.69) is 14.9 Å². The quantitative estimate of drug-likeness (QED) is 0.408. The predicted octanol–water partition coefficient (Wildman–Crippen LogP) is 5.61. The molecule has 0 unspecified atom stereocenters. The minimum atomic E-state index is -0.342. The maximum Gasteiger partial charge on any atom is 0.234 e. The van der Waals surface area contributed by atoms with Gasteiger partial charge in [0, 0.05) is 10.7 Å². The van der Waals surface area contributed by atoms with E-state index in [0.29, 0.717) is 17.3 Å². The molecule has 29 heavy (non-hydrogen) atoms. The van der Waals surface area contributed by atoms with Crippen LogP contribution in [0.5, 0.6) is 0 Å². The third kappa shape index (κ3) is 4.60. The second kappa shape index (κ2) is 8.68. The van der Waals surface area contributed by atoms with Crippen LogP contribution in [0, 0.1) is 5.82 Å². The van der Waals surface area contributed by atoms with Crippen molar-refractivity contribution in [3.8, 4) is 0 Å². The number of benzene rings is 3. The molecule has 7 heteroatoms. The largest absolute Gasteiger partial charge is 0.325 e. The number of aromatic nitrogens is 2. The van der Waals surface area contributed by atoms with Crippen LogP contribution in [0.1, 0.15) is 5.56 Å². The topological polar surface area (TPSA) is 46.9 Å². The Morgan fingerprint density at radius 1 is 1.03 bits per heavy atom. The number of nitrogens with zero attached hydrogens (tertiary/aromatic N) is 2. The molecular weight excluding hydrogens is 409 g/mol. The van der Waals surface area contributed by atoms with E-state index in [1.54, 1.807) is 0 Å². The van der Waals surface area contributed by atoms with E-state index in [1.165, 1.54) is 36.0 Å². The van der Waals surface area contributed by atoms with Crippen molar-refractivity contribution in [2.75, 3.05) is 11.1 Å². The summed E-state index contributed by atoms with van der Waals surface area (Å²) in [7, 11) is 0. The maximum absolute atomic E-state index is 13.0. The Morgan fingerprint density at radius 3 is 2.55 bits per heavy atom. The number of rotatable bonds is 6. The predicted molar refractivity (Wildman–Crippen MR) is 116 cm³/mol. The van der Waals surface area contributed by atoms with Gasteiger partial charge >= 0.3 is 0 Å². The number of carbonyl (C=O) groups is 1. The molecule has 0 radical (unpaired) electrons. The van der Waals surface area contributed by atoms with Gasteiger partial charge in [0.1, 0.15) is 5.82 Å². The van der Waals surface area contributed by atoms with Gasteiger partial charge in [-0.2, -0.15) is 0 Å². The zero-order chi connectivity index (χ0) is 20.2. The molecule has 0 aliphatic heterocycles. The number of anilines is 1. The lowest BCUT2D eigenvalue weighted by Gasteiger charge is -2.10. The third-order valence-corrected chi connectivity index (χ3v) is 5.71. The molecule has 0 aliphatic carbocycles. The van der Waals surface area contributed by atoms with Crippen molar-refractivity contribution in [2.45, 2.75) is 11.7 Å². The number of halogens is 2. The number of carbonyl (C=O) groups excluding carboxylic acids is 1. The van der Waals surface area contributed by atoms with Gasteiger partial charge in [-0.15, -0.1) is 0 Å². The van der Waals surface area contributed by atoms with Crippen molar-refractivity contribution >= 4 is 46.0 Å². The Balaban J connectivity index is 1.54. The van der Waals surface area contributed by atoms with E-state index in [4.69, 9.17) is 11.6 Å². The second-order valence-electron chi connectivity index (χ2n) is 6.40. The van der Waals surface area contributed by atoms with E-state index < -0.39 is 0 Å². The summed E-state index contributed by atoms with van der Waals surface area (Å²) in [6.07, 6.45) is 0. The third-order valence-electron chi connectivity index (χ3n) is 4.37. The minimum absolute atomic E-state index is 0.182. The van der Waals surface area contributed by atoms with Crippen LogP contribution in [0.15, 0.2) is 78.0 Å². The lowest BCUT2D eigenvalue weighted by atomic mass is 10.2. The summed E-state index contributed by atoms with van der Waals surface area (Å²) in [4.78, 5) is 17.0. The number of imidazole rings is 1. The number of thioether (sulfide) groups is 1. The summed E-state index contributed by atoms with van der Waals surface area (Å²) in [6, 6.07) is 21.2. The van der Waals surface area contributed by atoms with Gasteiger partial charge < -0.3 is 9.88 Å². The van der Waals surface area contributed by atoms with Crippen molar-refractivity contribution < 1.29 is 9.18 Å². The zero-order valence-corrected chi connectivity index (χ0v) is 16.9. The van der Waals surface area contributed by atoms with Gasteiger partial charge in [-0.25, -0.2) is 9.37 Å². The summed E-state index contributed by atoms with van der Waals surface area (Å²) >= 11 is 7.69. The lowest BCUT2D eigenvalue weighted by Crippen LogP contribution is -2.14. The SMILES string of the molecule is O=C(CSc1nc2ccccc2n1Cc1ccccc1Cl)Nc1ccc(F)cc1. The van der Waals surface area contributed by atoms with Crippen molar-refractivity contribution in [3.05, 3.63) is 89.2 Å². The molecule has 0 bridgehead atoms. The molecule has 4 nitrogen and oxygen atoms in total. The Hall–Kier alpha value is -2.83. The van der Waals surface area contributed by atoms with Crippen LogP contribution in [0.2, 0.25) is 5.02 Å². The van der Waals surface area contributed by atoms with E-state index >= 15 is 0 Å². The highest BCUT2D eigenvalue weighted by molar-refractivity contribution is 7.99. The average molecular weight is 426 g/mol. The lowest BCUT2D eigenvalue weighted by molar-refractivity contribution is -0.113. The zero-order valence-electron chi connectivity index (χ0n) is 15.3. The molecule has 1 heterocycles. The smallest absolute Gasteiger partial charge is 0.234 e. The monoisotopic (exact) mass is 425 g/mol. The maximum atomic E-state index is 13.0. The van der Waals surface area contributed by atoms with E-state index in [1.807, 2.05) is 48.5 Å². The standard InChI is InChI=1S/C22H17ClFN3OS/c23-18-6-2-1-5-15(18)13-27-20-8-4-3-7-19(20)26-22(27)29-14-21(28)25-17-11-9-16(24)10-12-17/h1-12H,13-14H2,(H,25,28). The first-order valence-electron chi connectivity index (χ1n) is 8.97. The Bertz CT molecular complexity index is 1160. The summed E-state index contributed by atoms with van der Waals surface area (Å²) in [5, 5.41) is 4.19. The van der Waals surface area contributed by atoms with Gasteiger partial charge in [0.25, 0.3) is 0 Å². The molecule has 0 aliphatic rings. The molecule has 0 atom stereocenters. The molecule has 4 aromatic rings. The van der Waals surface area contributed by atoms with Crippen LogP contribution in [0.25, 0.3) is 11.0 Å². The highest BCUT2D eigenvalue weighted by Crippen LogP contribution is 2.27. The summed E-state index contributed by atoms with van der Waals surface area (Å²) < 4.78 is 15.1. The Kier molecular flexibility index (Phi) is 5.83. The highest BCUT2D eigenvalue weighted by atomic mass is 35.5. The molecule has 1 amide bonds. The van der Waals surface area contributed by atoms with Crippen molar-refractivity contribution in [3.63, 3.8) is 0 Å². The fourth-order valence-corrected chi connectivity index (χ4v) is 3.98. The normalized spacial score (nSPS) is 11.0. The second-order valence-corrected chi connectivity index (χ2v) is 7.75. The van der Waals surface area contributed by atoms with Crippen LogP contribution in [-0.2, 0) is 11.3 Å². The van der Waals surface area contributed by atoms with Crippen LogP contribution in [0.3, 0.4) is 0 Å². The summed E-state index contributed by atoms with van der Waals surface area (Å²) in [6.45, 7) is 0.558. The molecule has 146 valence electrons. The molecule has 1 aromatic heterocycles. The highest BCUT2D eigenvalue weighted by Gasteiger charge is 2.14. The fraction of sp³-hybridized carbons (Fsp3) is 0.0909. The minimum Gasteiger partial charge on any atom is -0.325 e. The first-order valence-corrected chi connectivity index (χ1v) is 10.3. The van der Waals surface area contributed by atoms with E-state index in [0.717, 1.165) is 21.8 Å². The Morgan fingerprint density at radius 2 is 1.76 bits per heavy atom. The molecule has 0 spiro atoms. The van der Waals surface area contributed by atoms with E-state index in [-0.39, 0.29) is 17.5 Å². The van der Waals surface area contributed by atoms with Crippen LogP contribution in [-0.4, -0.2) is 21.2 Å².